The molecule has 12 heavy (non-hydrogen) atoms. The number of aromatic nitrogens is 2. The van der Waals surface area contributed by atoms with Gasteiger partial charge in [-0.1, -0.05) is 0 Å². The number of rotatable bonds is 1. The van der Waals surface area contributed by atoms with Crippen molar-refractivity contribution < 1.29 is 0 Å². The summed E-state index contributed by atoms with van der Waals surface area (Å²) in [6.45, 7) is 1.73. The van der Waals surface area contributed by atoms with Gasteiger partial charge in [-0.15, -0.1) is 0 Å². The Kier molecular flexibility index (Phi) is 1.98. The third-order valence-corrected chi connectivity index (χ3v) is 2.21. The Balaban J connectivity index is 2.09. The van der Waals surface area contributed by atoms with Gasteiger partial charge in [-0.2, -0.15) is 0 Å². The van der Waals surface area contributed by atoms with Gasteiger partial charge in [0.05, 0.1) is 4.47 Å². The van der Waals surface area contributed by atoms with Crippen molar-refractivity contribution in [1.82, 2.24) is 9.97 Å². The van der Waals surface area contributed by atoms with Crippen LogP contribution in [0.1, 0.15) is 0 Å². The molecule has 1 aliphatic heterocycles. The average Bonchev–Trinajstić information content (AvgIpc) is 2.01. The molecule has 0 unspecified atom stereocenters. The van der Waals surface area contributed by atoms with Crippen LogP contribution in [-0.2, 0) is 0 Å². The molecule has 1 saturated heterocycles. The molecule has 0 radical (unpaired) electrons. The highest BCUT2D eigenvalue weighted by atomic mass is 79.9. The highest BCUT2D eigenvalue weighted by Crippen LogP contribution is 2.15. The van der Waals surface area contributed by atoms with Crippen molar-refractivity contribution in [3.8, 4) is 0 Å². The van der Waals surface area contributed by atoms with Crippen molar-refractivity contribution >= 4 is 21.9 Å². The number of hydrogen-bond donors (Lipinski definition) is 1. The molecule has 0 bridgehead atoms. The van der Waals surface area contributed by atoms with E-state index in [2.05, 4.69) is 30.8 Å². The highest BCUT2D eigenvalue weighted by Gasteiger charge is 2.24. The highest BCUT2D eigenvalue weighted by molar-refractivity contribution is 9.10. The summed E-state index contributed by atoms with van der Waals surface area (Å²) in [5.41, 5.74) is 5.63. The van der Waals surface area contributed by atoms with Crippen LogP contribution in [0.2, 0.25) is 0 Å². The Hall–Kier alpha value is -0.680. The molecular formula is C7H9BrN4. The molecule has 0 aliphatic carbocycles. The Bertz CT molecular complexity index is 267. The maximum absolute atomic E-state index is 5.63. The van der Waals surface area contributed by atoms with Gasteiger partial charge in [0.1, 0.15) is 0 Å². The first-order chi connectivity index (χ1) is 5.75. The summed E-state index contributed by atoms with van der Waals surface area (Å²) in [7, 11) is 0. The summed E-state index contributed by atoms with van der Waals surface area (Å²) in [6.07, 6.45) is 3.48. The van der Waals surface area contributed by atoms with E-state index in [0.29, 0.717) is 0 Å². The molecule has 1 aromatic heterocycles. The molecular weight excluding hydrogens is 220 g/mol. The van der Waals surface area contributed by atoms with Gasteiger partial charge < -0.3 is 10.6 Å². The fraction of sp³-hybridized carbons (Fsp3) is 0.429. The average molecular weight is 229 g/mol. The zero-order valence-electron chi connectivity index (χ0n) is 6.44. The van der Waals surface area contributed by atoms with E-state index in [-0.39, 0.29) is 6.04 Å². The van der Waals surface area contributed by atoms with Crippen LogP contribution in [0.4, 0.5) is 5.95 Å². The van der Waals surface area contributed by atoms with E-state index in [4.69, 9.17) is 5.73 Å². The molecule has 0 atom stereocenters. The largest absolute Gasteiger partial charge is 0.338 e. The Morgan fingerprint density at radius 3 is 2.50 bits per heavy atom. The van der Waals surface area contributed by atoms with Crippen LogP contribution >= 0.6 is 15.9 Å². The molecule has 1 aromatic rings. The minimum absolute atomic E-state index is 0.289. The van der Waals surface area contributed by atoms with Crippen LogP contribution in [0.5, 0.6) is 0 Å². The smallest absolute Gasteiger partial charge is 0.225 e. The number of hydrogen-bond acceptors (Lipinski definition) is 4. The summed E-state index contributed by atoms with van der Waals surface area (Å²) < 4.78 is 0.899. The van der Waals surface area contributed by atoms with Crippen LogP contribution in [-0.4, -0.2) is 29.1 Å². The number of nitrogens with zero attached hydrogens (tertiary/aromatic N) is 3. The quantitative estimate of drug-likeness (QED) is 0.756. The monoisotopic (exact) mass is 228 g/mol. The fourth-order valence-corrected chi connectivity index (χ4v) is 1.35. The maximum atomic E-state index is 5.63. The molecule has 0 saturated carbocycles. The third kappa shape index (κ3) is 1.42. The van der Waals surface area contributed by atoms with E-state index in [9.17, 15) is 0 Å². The number of halogens is 1. The van der Waals surface area contributed by atoms with Gasteiger partial charge in [-0.25, -0.2) is 9.97 Å². The lowest BCUT2D eigenvalue weighted by atomic mass is 10.1. The molecule has 4 nitrogen and oxygen atoms in total. The van der Waals surface area contributed by atoms with Crippen molar-refractivity contribution in [2.24, 2.45) is 5.73 Å². The predicted octanol–water partition coefficient (Wildman–Crippen LogP) is 0.386. The molecule has 2 heterocycles. The van der Waals surface area contributed by atoms with E-state index in [0.717, 1.165) is 23.5 Å². The normalized spacial score (nSPS) is 17.7. The van der Waals surface area contributed by atoms with Crippen molar-refractivity contribution in [2.45, 2.75) is 6.04 Å². The summed E-state index contributed by atoms with van der Waals surface area (Å²) in [5.74, 6) is 0.764. The third-order valence-electron chi connectivity index (χ3n) is 1.80. The molecule has 5 heteroatoms. The zero-order valence-corrected chi connectivity index (χ0v) is 8.03. The molecule has 64 valence electrons. The zero-order chi connectivity index (χ0) is 8.55. The Morgan fingerprint density at radius 1 is 1.42 bits per heavy atom. The maximum Gasteiger partial charge on any atom is 0.225 e. The topological polar surface area (TPSA) is 55.0 Å². The lowest BCUT2D eigenvalue weighted by Gasteiger charge is -2.36. The van der Waals surface area contributed by atoms with E-state index < -0.39 is 0 Å². The van der Waals surface area contributed by atoms with E-state index in [1.807, 2.05) is 0 Å². The van der Waals surface area contributed by atoms with Gasteiger partial charge in [0.2, 0.25) is 5.95 Å². The Labute approximate surface area is 78.9 Å². The summed E-state index contributed by atoms with van der Waals surface area (Å²) in [4.78, 5) is 10.3. The van der Waals surface area contributed by atoms with Crippen molar-refractivity contribution in [3.05, 3.63) is 16.9 Å². The van der Waals surface area contributed by atoms with Crippen LogP contribution in [0.15, 0.2) is 16.9 Å². The van der Waals surface area contributed by atoms with Crippen molar-refractivity contribution in [2.75, 3.05) is 18.0 Å². The standard InChI is InChI=1S/C7H9BrN4/c8-5-1-10-7(11-2-5)12-3-6(9)4-12/h1-2,6H,3-4,9H2. The van der Waals surface area contributed by atoms with Gasteiger partial charge in [0.25, 0.3) is 0 Å². The van der Waals surface area contributed by atoms with Crippen molar-refractivity contribution in [1.29, 1.82) is 0 Å². The minimum Gasteiger partial charge on any atom is -0.338 e. The van der Waals surface area contributed by atoms with Crippen LogP contribution < -0.4 is 10.6 Å². The molecule has 1 aliphatic rings. The molecule has 2 N–H and O–H groups in total. The van der Waals surface area contributed by atoms with Gasteiger partial charge in [0.15, 0.2) is 0 Å². The molecule has 0 amide bonds. The predicted molar refractivity (Wildman–Crippen MR) is 49.9 cm³/mol. The second-order valence-electron chi connectivity index (χ2n) is 2.87. The summed E-state index contributed by atoms with van der Waals surface area (Å²) in [5, 5.41) is 0. The van der Waals surface area contributed by atoms with Crippen LogP contribution in [0.25, 0.3) is 0 Å². The second kappa shape index (κ2) is 2.99. The molecule has 0 aromatic carbocycles. The van der Waals surface area contributed by atoms with E-state index in [1.165, 1.54) is 0 Å². The summed E-state index contributed by atoms with van der Waals surface area (Å²) in [6, 6.07) is 0.289. The molecule has 1 fully saturated rings. The lowest BCUT2D eigenvalue weighted by Crippen LogP contribution is -2.56. The number of nitrogens with two attached hydrogens (primary N) is 1. The van der Waals surface area contributed by atoms with Gasteiger partial charge in [0, 0.05) is 31.5 Å². The second-order valence-corrected chi connectivity index (χ2v) is 3.78. The molecule has 2 rings (SSSR count). The van der Waals surface area contributed by atoms with Crippen LogP contribution in [0.3, 0.4) is 0 Å². The first kappa shape index (κ1) is 7.94. The first-order valence-corrected chi connectivity index (χ1v) is 4.53. The minimum atomic E-state index is 0.289. The van der Waals surface area contributed by atoms with Gasteiger partial charge in [-0.3, -0.25) is 0 Å². The van der Waals surface area contributed by atoms with Crippen LogP contribution in [0, 0.1) is 0 Å². The number of anilines is 1. The van der Waals surface area contributed by atoms with Gasteiger partial charge >= 0.3 is 0 Å². The van der Waals surface area contributed by atoms with Gasteiger partial charge in [-0.05, 0) is 15.9 Å². The lowest BCUT2D eigenvalue weighted by molar-refractivity contribution is 0.508. The molecule has 0 spiro atoms. The van der Waals surface area contributed by atoms with E-state index in [1.54, 1.807) is 12.4 Å². The van der Waals surface area contributed by atoms with Crippen molar-refractivity contribution in [3.63, 3.8) is 0 Å². The Morgan fingerprint density at radius 2 is 2.00 bits per heavy atom. The van der Waals surface area contributed by atoms with E-state index >= 15 is 0 Å². The summed E-state index contributed by atoms with van der Waals surface area (Å²) >= 11 is 3.28. The fourth-order valence-electron chi connectivity index (χ4n) is 1.14. The first-order valence-electron chi connectivity index (χ1n) is 3.74. The SMILES string of the molecule is NC1CN(c2ncc(Br)cn2)C1.